The van der Waals surface area contributed by atoms with Crippen LogP contribution in [0.15, 0.2) is 29.2 Å². The predicted molar refractivity (Wildman–Crippen MR) is 87.1 cm³/mol. The van der Waals surface area contributed by atoms with Crippen LogP contribution in [0, 0.1) is 0 Å². The first kappa shape index (κ1) is 17.2. The molecule has 2 heterocycles. The smallest absolute Gasteiger partial charge is 0.317 e. The van der Waals surface area contributed by atoms with Gasteiger partial charge >= 0.3 is 12.3 Å². The van der Waals surface area contributed by atoms with Gasteiger partial charge in [-0.25, -0.2) is 9.97 Å². The Balaban J connectivity index is 1.62. The third-order valence-corrected chi connectivity index (χ3v) is 4.73. The summed E-state index contributed by atoms with van der Waals surface area (Å²) in [6, 6.07) is 2.06. The van der Waals surface area contributed by atoms with Gasteiger partial charge in [0.25, 0.3) is 5.91 Å². The molecule has 10 heteroatoms. The van der Waals surface area contributed by atoms with Crippen LogP contribution in [0.5, 0.6) is 0 Å². The van der Waals surface area contributed by atoms with Gasteiger partial charge in [-0.15, -0.1) is 0 Å². The number of nitrogens with one attached hydrogen (secondary N) is 3. The minimum absolute atomic E-state index is 0.0401. The molecule has 25 heavy (non-hydrogen) atoms. The van der Waals surface area contributed by atoms with Crippen LogP contribution in [0.1, 0.15) is 35.2 Å². The molecular formula is C15H15F2N5O2S. The maximum absolute atomic E-state index is 12.1. The van der Waals surface area contributed by atoms with Gasteiger partial charge in [0.05, 0.1) is 11.1 Å². The zero-order chi connectivity index (χ0) is 17.9. The van der Waals surface area contributed by atoms with Crippen molar-refractivity contribution in [1.82, 2.24) is 20.8 Å². The van der Waals surface area contributed by atoms with Gasteiger partial charge in [-0.1, -0.05) is 0 Å². The number of carbonyl (C=O) groups is 2. The number of rotatable bonds is 5. The molecular weight excluding hydrogens is 352 g/mol. The zero-order valence-electron chi connectivity index (χ0n) is 13.0. The second-order valence-electron chi connectivity index (χ2n) is 5.61. The highest BCUT2D eigenvalue weighted by Gasteiger charge is 2.39. The summed E-state index contributed by atoms with van der Waals surface area (Å²) >= 11 is 1.62. The molecule has 7 nitrogen and oxygen atoms in total. The lowest BCUT2D eigenvalue weighted by molar-refractivity contribution is -0.132. The van der Waals surface area contributed by atoms with Crippen LogP contribution >= 0.6 is 11.3 Å². The van der Waals surface area contributed by atoms with Crippen molar-refractivity contribution >= 4 is 29.1 Å². The molecule has 0 unspecified atom stereocenters. The van der Waals surface area contributed by atoms with Crippen molar-refractivity contribution in [2.75, 3.05) is 5.32 Å². The van der Waals surface area contributed by atoms with E-state index in [4.69, 9.17) is 0 Å². The molecule has 3 rings (SSSR count). The number of halogens is 2. The van der Waals surface area contributed by atoms with Crippen molar-refractivity contribution in [3.63, 3.8) is 0 Å². The molecule has 2 aromatic rings. The number of hydrogen-bond donors (Lipinski definition) is 3. The van der Waals surface area contributed by atoms with E-state index in [1.165, 1.54) is 18.0 Å². The summed E-state index contributed by atoms with van der Waals surface area (Å²) in [6.45, 7) is 0. The number of hydrazine groups is 1. The van der Waals surface area contributed by atoms with Crippen molar-refractivity contribution < 1.29 is 18.4 Å². The number of aromatic nitrogens is 2. The normalized spacial score (nSPS) is 15.3. The molecule has 0 aliphatic heterocycles. The van der Waals surface area contributed by atoms with Crippen molar-refractivity contribution in [2.45, 2.75) is 31.2 Å². The van der Waals surface area contributed by atoms with Crippen LogP contribution in [0.4, 0.5) is 14.7 Å². The van der Waals surface area contributed by atoms with Gasteiger partial charge in [-0.05, 0) is 41.7 Å². The average molecular weight is 367 g/mol. The van der Waals surface area contributed by atoms with E-state index in [1.54, 1.807) is 16.8 Å². The second-order valence-corrected chi connectivity index (χ2v) is 6.39. The Hall–Kier alpha value is -2.62. The molecule has 1 saturated carbocycles. The van der Waals surface area contributed by atoms with Crippen LogP contribution < -0.4 is 16.2 Å². The molecule has 0 spiro atoms. The number of anilines is 1. The Morgan fingerprint density at radius 1 is 1.20 bits per heavy atom. The van der Waals surface area contributed by atoms with Crippen molar-refractivity contribution in [1.29, 1.82) is 0 Å². The van der Waals surface area contributed by atoms with Crippen LogP contribution in [0.2, 0.25) is 0 Å². The van der Waals surface area contributed by atoms with Crippen LogP contribution in [0.3, 0.4) is 0 Å². The Morgan fingerprint density at radius 2 is 1.92 bits per heavy atom. The van der Waals surface area contributed by atoms with E-state index in [-0.39, 0.29) is 11.1 Å². The molecule has 0 saturated heterocycles. The van der Waals surface area contributed by atoms with Gasteiger partial charge < -0.3 is 5.32 Å². The van der Waals surface area contributed by atoms with Gasteiger partial charge in [0.15, 0.2) is 0 Å². The predicted octanol–water partition coefficient (Wildman–Crippen LogP) is 2.06. The molecule has 0 radical (unpaired) electrons. The fraction of sp³-hybridized carbons (Fsp3) is 0.333. The first-order chi connectivity index (χ1) is 12.0. The van der Waals surface area contributed by atoms with E-state index in [0.29, 0.717) is 5.95 Å². The first-order valence-electron chi connectivity index (χ1n) is 7.51. The van der Waals surface area contributed by atoms with E-state index in [2.05, 4.69) is 26.7 Å². The monoisotopic (exact) mass is 367 g/mol. The Morgan fingerprint density at radius 3 is 2.44 bits per heavy atom. The van der Waals surface area contributed by atoms with E-state index < -0.39 is 18.2 Å². The molecule has 0 atom stereocenters. The molecule has 2 aromatic heterocycles. The summed E-state index contributed by atoms with van der Waals surface area (Å²) in [6.07, 6.45) is 2.36. The number of amides is 2. The van der Waals surface area contributed by atoms with Crippen molar-refractivity contribution in [2.24, 2.45) is 0 Å². The maximum Gasteiger partial charge on any atom is 0.317 e. The molecule has 1 fully saturated rings. The number of alkyl halides is 2. The van der Waals surface area contributed by atoms with Gasteiger partial charge in [0, 0.05) is 12.4 Å². The van der Waals surface area contributed by atoms with E-state index in [0.717, 1.165) is 19.3 Å². The van der Waals surface area contributed by atoms with Gasteiger partial charge in [-0.2, -0.15) is 20.1 Å². The lowest BCUT2D eigenvalue weighted by Crippen LogP contribution is -2.44. The van der Waals surface area contributed by atoms with Crippen LogP contribution in [0.25, 0.3) is 0 Å². The lowest BCUT2D eigenvalue weighted by Gasteiger charge is -2.42. The summed E-state index contributed by atoms with van der Waals surface area (Å²) in [4.78, 5) is 30.7. The highest BCUT2D eigenvalue weighted by atomic mass is 32.1. The highest BCUT2D eigenvalue weighted by Crippen LogP contribution is 2.44. The summed E-state index contributed by atoms with van der Waals surface area (Å²) in [5, 5.41) is 7.41. The fourth-order valence-electron chi connectivity index (χ4n) is 2.52. The van der Waals surface area contributed by atoms with E-state index >= 15 is 0 Å². The third-order valence-electron chi connectivity index (χ3n) is 4.04. The minimum Gasteiger partial charge on any atom is -0.345 e. The topological polar surface area (TPSA) is 96.0 Å². The second kappa shape index (κ2) is 7.09. The number of carbonyl (C=O) groups excluding carboxylic acids is 2. The molecule has 1 aliphatic carbocycles. The molecule has 0 aromatic carbocycles. The minimum atomic E-state index is -3.21. The largest absolute Gasteiger partial charge is 0.345 e. The molecule has 2 amide bonds. The molecule has 132 valence electrons. The fourth-order valence-corrected chi connectivity index (χ4v) is 3.28. The van der Waals surface area contributed by atoms with Crippen molar-refractivity contribution in [3.05, 3.63) is 40.3 Å². The number of nitrogens with zero attached hydrogens (tertiary/aromatic N) is 2. The standard InChI is InChI=1S/C15H15F2N5O2S/c16-11(17)13(24)22-21-12(23)9-6-18-14(19-7-9)20-15(3-1-4-15)10-2-5-25-8-10/h2,5-8,11H,1,3-4H2,(H,21,23)(H,22,24)(H,18,19,20). The van der Waals surface area contributed by atoms with Gasteiger partial charge in [-0.3, -0.25) is 20.4 Å². The lowest BCUT2D eigenvalue weighted by atomic mass is 9.73. The molecule has 0 bridgehead atoms. The summed E-state index contributed by atoms with van der Waals surface area (Å²) in [7, 11) is 0. The van der Waals surface area contributed by atoms with Gasteiger partial charge in [0.1, 0.15) is 0 Å². The highest BCUT2D eigenvalue weighted by molar-refractivity contribution is 7.08. The zero-order valence-corrected chi connectivity index (χ0v) is 13.8. The maximum atomic E-state index is 12.1. The summed E-state index contributed by atoms with van der Waals surface area (Å²) in [5.74, 6) is -1.99. The van der Waals surface area contributed by atoms with E-state index in [1.807, 2.05) is 10.8 Å². The quantitative estimate of drug-likeness (QED) is 0.703. The number of hydrogen-bond acceptors (Lipinski definition) is 6. The Labute approximate surface area is 145 Å². The van der Waals surface area contributed by atoms with Crippen LogP contribution in [-0.2, 0) is 10.3 Å². The SMILES string of the molecule is O=C(NNC(=O)C(F)F)c1cnc(NC2(c3ccsc3)CCC2)nc1. The molecule has 3 N–H and O–H groups in total. The Bertz CT molecular complexity index is 748. The first-order valence-corrected chi connectivity index (χ1v) is 8.46. The number of thiophene rings is 1. The third kappa shape index (κ3) is 3.73. The van der Waals surface area contributed by atoms with E-state index in [9.17, 15) is 18.4 Å². The average Bonchev–Trinajstić information content (AvgIpc) is 3.10. The molecule has 1 aliphatic rings. The summed E-state index contributed by atoms with van der Waals surface area (Å²) < 4.78 is 24.1. The Kier molecular flexibility index (Phi) is 4.88. The van der Waals surface area contributed by atoms with Crippen LogP contribution in [-0.4, -0.2) is 28.2 Å². The van der Waals surface area contributed by atoms with Gasteiger partial charge in [0.2, 0.25) is 5.95 Å². The summed E-state index contributed by atoms with van der Waals surface area (Å²) in [5.41, 5.74) is 4.53. The van der Waals surface area contributed by atoms with Crippen molar-refractivity contribution in [3.8, 4) is 0 Å².